The average Bonchev–Trinajstić information content (AvgIpc) is 3.21. The standard InChI is InChI=1S/C23H25N3O5/c1-4-12-31-18-11-10-15(13-19(18)30-5-2)20-14(3)25-23(21(20)26(28)29)16-8-6-7-9-17(16)24-22(23)27/h4,6-11,13-14,20-21,25H,1,5,12H2,2-3H3,(H,24,27)/t14-,20-,21+,23-/m0/s1. The van der Waals surface area contributed by atoms with Gasteiger partial charge in [-0.25, -0.2) is 0 Å². The van der Waals surface area contributed by atoms with Gasteiger partial charge < -0.3 is 14.8 Å². The summed E-state index contributed by atoms with van der Waals surface area (Å²) in [4.78, 5) is 25.1. The van der Waals surface area contributed by atoms with Gasteiger partial charge in [-0.3, -0.25) is 20.2 Å². The maximum Gasteiger partial charge on any atom is 0.256 e. The minimum absolute atomic E-state index is 0.318. The molecule has 0 aromatic heterocycles. The van der Waals surface area contributed by atoms with E-state index in [2.05, 4.69) is 17.2 Å². The Bertz CT molecular complexity index is 1040. The molecule has 2 heterocycles. The first kappa shape index (κ1) is 20.9. The molecule has 8 nitrogen and oxygen atoms in total. The molecule has 4 atom stereocenters. The molecule has 0 unspecified atom stereocenters. The lowest BCUT2D eigenvalue weighted by atomic mass is 9.78. The van der Waals surface area contributed by atoms with Crippen molar-refractivity contribution >= 4 is 11.6 Å². The number of benzene rings is 2. The van der Waals surface area contributed by atoms with Gasteiger partial charge in [0.05, 0.1) is 12.5 Å². The van der Waals surface area contributed by atoms with Gasteiger partial charge in [0.25, 0.3) is 11.9 Å². The van der Waals surface area contributed by atoms with E-state index in [1.807, 2.05) is 13.8 Å². The van der Waals surface area contributed by atoms with Crippen molar-refractivity contribution in [3.63, 3.8) is 0 Å². The van der Waals surface area contributed by atoms with Crippen LogP contribution < -0.4 is 20.1 Å². The molecular formula is C23H25N3O5. The van der Waals surface area contributed by atoms with Gasteiger partial charge in [0.15, 0.2) is 17.0 Å². The largest absolute Gasteiger partial charge is 0.490 e. The molecule has 0 saturated carbocycles. The SMILES string of the molecule is C=CCOc1ccc([C@@H]2[C@H](C)N[C@]3(C(=O)Nc4ccccc43)[C@@H]2[N+](=O)[O-])cc1OCC. The van der Waals surface area contributed by atoms with Crippen LogP contribution in [0.1, 0.15) is 30.9 Å². The Labute approximate surface area is 180 Å². The van der Waals surface area contributed by atoms with E-state index in [0.29, 0.717) is 41.5 Å². The Hall–Kier alpha value is -3.39. The number of carbonyl (C=O) groups is 1. The Kier molecular flexibility index (Phi) is 5.41. The van der Waals surface area contributed by atoms with Gasteiger partial charge in [0, 0.05) is 22.2 Å². The molecule has 2 aliphatic rings. The van der Waals surface area contributed by atoms with Crippen molar-refractivity contribution in [2.45, 2.75) is 37.4 Å². The number of rotatable bonds is 7. The Morgan fingerprint density at radius 1 is 1.23 bits per heavy atom. The number of carbonyl (C=O) groups excluding carboxylic acids is 1. The number of anilines is 1. The maximum atomic E-state index is 13.1. The molecule has 0 radical (unpaired) electrons. The van der Waals surface area contributed by atoms with Gasteiger partial charge in [-0.2, -0.15) is 0 Å². The first-order chi connectivity index (χ1) is 14.9. The predicted octanol–water partition coefficient (Wildman–Crippen LogP) is 3.22. The molecule has 0 bridgehead atoms. The van der Waals surface area contributed by atoms with Crippen molar-refractivity contribution in [1.82, 2.24) is 5.32 Å². The van der Waals surface area contributed by atoms with E-state index in [1.165, 1.54) is 0 Å². The van der Waals surface area contributed by atoms with Gasteiger partial charge >= 0.3 is 0 Å². The van der Waals surface area contributed by atoms with Gasteiger partial charge in [-0.15, -0.1) is 0 Å². The van der Waals surface area contributed by atoms with E-state index in [4.69, 9.17) is 9.47 Å². The van der Waals surface area contributed by atoms with Crippen LogP contribution in [0.25, 0.3) is 0 Å². The number of nitro groups is 1. The van der Waals surface area contributed by atoms with Crippen LogP contribution in [0, 0.1) is 10.1 Å². The monoisotopic (exact) mass is 423 g/mol. The van der Waals surface area contributed by atoms with E-state index < -0.39 is 23.4 Å². The van der Waals surface area contributed by atoms with Crippen LogP contribution in [-0.4, -0.2) is 36.1 Å². The van der Waals surface area contributed by atoms with Crippen LogP contribution in [-0.2, 0) is 10.3 Å². The highest BCUT2D eigenvalue weighted by Gasteiger charge is 2.67. The summed E-state index contributed by atoms with van der Waals surface area (Å²) in [6.45, 7) is 8.12. The van der Waals surface area contributed by atoms with Crippen molar-refractivity contribution in [3.8, 4) is 11.5 Å². The molecule has 0 aliphatic carbocycles. The summed E-state index contributed by atoms with van der Waals surface area (Å²) in [7, 11) is 0. The zero-order valence-electron chi connectivity index (χ0n) is 17.5. The van der Waals surface area contributed by atoms with Gasteiger partial charge in [0.1, 0.15) is 6.61 Å². The number of fused-ring (bicyclic) bond motifs is 2. The number of hydrogen-bond donors (Lipinski definition) is 2. The summed E-state index contributed by atoms with van der Waals surface area (Å²) in [6.07, 6.45) is 1.63. The molecule has 4 rings (SSSR count). The van der Waals surface area contributed by atoms with Crippen LogP contribution in [0.15, 0.2) is 55.1 Å². The normalized spacial score (nSPS) is 26.4. The number of nitrogens with one attached hydrogen (secondary N) is 2. The van der Waals surface area contributed by atoms with E-state index in [9.17, 15) is 14.9 Å². The fourth-order valence-corrected chi connectivity index (χ4v) is 4.82. The molecule has 2 N–H and O–H groups in total. The van der Waals surface area contributed by atoms with Gasteiger partial charge in [-0.1, -0.05) is 36.9 Å². The first-order valence-electron chi connectivity index (χ1n) is 10.3. The molecule has 2 aliphatic heterocycles. The zero-order valence-corrected chi connectivity index (χ0v) is 17.5. The second-order valence-corrected chi connectivity index (χ2v) is 7.74. The van der Waals surface area contributed by atoms with Crippen LogP contribution in [0.5, 0.6) is 11.5 Å². The second-order valence-electron chi connectivity index (χ2n) is 7.74. The lowest BCUT2D eigenvalue weighted by Crippen LogP contribution is -2.54. The topological polar surface area (TPSA) is 103 Å². The molecule has 1 amide bonds. The van der Waals surface area contributed by atoms with E-state index >= 15 is 0 Å². The maximum absolute atomic E-state index is 13.1. The van der Waals surface area contributed by atoms with Crippen LogP contribution >= 0.6 is 0 Å². The highest BCUT2D eigenvalue weighted by Crippen LogP contribution is 2.50. The van der Waals surface area contributed by atoms with E-state index in [-0.39, 0.29) is 11.0 Å². The summed E-state index contributed by atoms with van der Waals surface area (Å²) in [6, 6.07) is 10.9. The van der Waals surface area contributed by atoms with Crippen LogP contribution in [0.3, 0.4) is 0 Å². The highest BCUT2D eigenvalue weighted by atomic mass is 16.6. The van der Waals surface area contributed by atoms with Crippen molar-refractivity contribution in [2.24, 2.45) is 0 Å². The summed E-state index contributed by atoms with van der Waals surface area (Å²) < 4.78 is 11.4. The first-order valence-corrected chi connectivity index (χ1v) is 10.3. The number of para-hydroxylation sites is 1. The minimum atomic E-state index is -1.44. The Balaban J connectivity index is 1.81. The third-order valence-corrected chi connectivity index (χ3v) is 5.97. The minimum Gasteiger partial charge on any atom is -0.490 e. The molecule has 1 spiro atoms. The summed E-state index contributed by atoms with van der Waals surface area (Å²) in [5.74, 6) is 0.0917. The zero-order chi connectivity index (χ0) is 22.2. The quantitative estimate of drug-likeness (QED) is 0.403. The van der Waals surface area contributed by atoms with Gasteiger partial charge in [-0.05, 0) is 37.6 Å². The predicted molar refractivity (Wildman–Crippen MR) is 116 cm³/mol. The number of nitrogens with zero attached hydrogens (tertiary/aromatic N) is 1. The average molecular weight is 423 g/mol. The molecule has 2 aromatic rings. The van der Waals surface area contributed by atoms with Gasteiger partial charge in [0.2, 0.25) is 0 Å². The molecule has 31 heavy (non-hydrogen) atoms. The lowest BCUT2D eigenvalue weighted by molar-refractivity contribution is -0.532. The van der Waals surface area contributed by atoms with E-state index in [0.717, 1.165) is 0 Å². The molecule has 2 aromatic carbocycles. The van der Waals surface area contributed by atoms with Crippen molar-refractivity contribution in [3.05, 3.63) is 76.4 Å². The molecule has 1 saturated heterocycles. The van der Waals surface area contributed by atoms with E-state index in [1.54, 1.807) is 48.5 Å². The lowest BCUT2D eigenvalue weighted by Gasteiger charge is -2.25. The summed E-state index contributed by atoms with van der Waals surface area (Å²) in [5, 5.41) is 18.5. The number of hydrogen-bond acceptors (Lipinski definition) is 6. The fourth-order valence-electron chi connectivity index (χ4n) is 4.82. The van der Waals surface area contributed by atoms with Crippen LogP contribution in [0.2, 0.25) is 0 Å². The second kappa shape index (κ2) is 8.03. The van der Waals surface area contributed by atoms with Crippen molar-refractivity contribution in [1.29, 1.82) is 0 Å². The molecular weight excluding hydrogens is 398 g/mol. The third-order valence-electron chi connectivity index (χ3n) is 5.97. The number of amides is 1. The summed E-state index contributed by atoms with van der Waals surface area (Å²) in [5.41, 5.74) is 0.480. The molecule has 1 fully saturated rings. The van der Waals surface area contributed by atoms with Crippen molar-refractivity contribution in [2.75, 3.05) is 18.5 Å². The van der Waals surface area contributed by atoms with Crippen LogP contribution in [0.4, 0.5) is 5.69 Å². The third kappa shape index (κ3) is 3.23. The van der Waals surface area contributed by atoms with Crippen molar-refractivity contribution < 1.29 is 19.2 Å². The molecule has 162 valence electrons. The fraction of sp³-hybridized carbons (Fsp3) is 0.348. The Morgan fingerprint density at radius 3 is 2.71 bits per heavy atom. The highest BCUT2D eigenvalue weighted by molar-refractivity contribution is 6.07. The number of ether oxygens (including phenoxy) is 2. The Morgan fingerprint density at radius 2 is 2.00 bits per heavy atom. The smallest absolute Gasteiger partial charge is 0.256 e. The summed E-state index contributed by atoms with van der Waals surface area (Å²) >= 11 is 0. The molecule has 8 heteroatoms.